The summed E-state index contributed by atoms with van der Waals surface area (Å²) in [5, 5.41) is 19.3. The third kappa shape index (κ3) is 2.36. The van der Waals surface area contributed by atoms with Gasteiger partial charge in [-0.2, -0.15) is 0 Å². The molecule has 114 valence electrons. The Morgan fingerprint density at radius 2 is 1.04 bits per heavy atom. The molecule has 0 atom stereocenters. The molecule has 23 heavy (non-hydrogen) atoms. The van der Waals surface area contributed by atoms with Crippen LogP contribution in [0.25, 0.3) is 0 Å². The minimum absolute atomic E-state index is 0.165. The fraction of sp³-hybridized carbons (Fsp3) is 0.143. The van der Waals surface area contributed by atoms with Crippen LogP contribution >= 0.6 is 0 Å². The highest BCUT2D eigenvalue weighted by atomic mass is 16.3. The second-order valence-electron chi connectivity index (χ2n) is 6.35. The van der Waals surface area contributed by atoms with Crippen molar-refractivity contribution >= 4 is 0 Å². The normalized spacial score (nSPS) is 15.3. The predicted octanol–water partition coefficient (Wildman–Crippen LogP) is 4.18. The molecule has 0 saturated carbocycles. The lowest BCUT2D eigenvalue weighted by Gasteiger charge is -2.38. The number of rotatable bonds is 2. The lowest BCUT2D eigenvalue weighted by Crippen LogP contribution is -2.35. The van der Waals surface area contributed by atoms with Gasteiger partial charge in [0.05, 0.1) is 0 Å². The monoisotopic (exact) mass is 302 g/mol. The maximum Gasteiger partial charge on any atom is 0.115 e. The summed E-state index contributed by atoms with van der Waals surface area (Å²) in [6.07, 6.45) is 1.83. The quantitative estimate of drug-likeness (QED) is 0.745. The van der Waals surface area contributed by atoms with Crippen molar-refractivity contribution in [2.24, 2.45) is 0 Å². The van der Waals surface area contributed by atoms with Gasteiger partial charge in [-0.3, -0.25) is 0 Å². The van der Waals surface area contributed by atoms with Gasteiger partial charge in [0, 0.05) is 5.41 Å². The number of benzene rings is 3. The number of aromatic hydroxyl groups is 2. The topological polar surface area (TPSA) is 40.5 Å². The summed E-state index contributed by atoms with van der Waals surface area (Å²) in [6, 6.07) is 23.7. The highest BCUT2D eigenvalue weighted by Gasteiger charge is 2.37. The zero-order valence-corrected chi connectivity index (χ0v) is 12.7. The molecule has 0 unspecified atom stereocenters. The van der Waals surface area contributed by atoms with Crippen molar-refractivity contribution in [1.29, 1.82) is 0 Å². The van der Waals surface area contributed by atoms with Gasteiger partial charge in [-0.05, 0) is 59.4 Å². The molecule has 2 nitrogen and oxygen atoms in total. The van der Waals surface area contributed by atoms with E-state index in [1.54, 1.807) is 24.3 Å². The Bertz CT molecular complexity index is 764. The largest absolute Gasteiger partial charge is 0.508 e. The first-order chi connectivity index (χ1) is 11.2. The molecule has 0 radical (unpaired) electrons. The molecule has 0 amide bonds. The van der Waals surface area contributed by atoms with E-state index in [2.05, 4.69) is 24.3 Å². The van der Waals surface area contributed by atoms with E-state index in [0.717, 1.165) is 12.8 Å². The first kappa shape index (κ1) is 13.9. The van der Waals surface area contributed by atoms with Crippen LogP contribution < -0.4 is 0 Å². The van der Waals surface area contributed by atoms with Gasteiger partial charge >= 0.3 is 0 Å². The third-order valence-corrected chi connectivity index (χ3v) is 4.84. The van der Waals surface area contributed by atoms with Crippen LogP contribution in [-0.2, 0) is 18.3 Å². The molecule has 0 saturated heterocycles. The van der Waals surface area contributed by atoms with E-state index in [-0.39, 0.29) is 16.9 Å². The summed E-state index contributed by atoms with van der Waals surface area (Å²) in [5.41, 5.74) is 4.84. The van der Waals surface area contributed by atoms with Gasteiger partial charge in [-0.15, -0.1) is 0 Å². The van der Waals surface area contributed by atoms with Crippen LogP contribution in [0.1, 0.15) is 22.3 Å². The Kier molecular flexibility index (Phi) is 3.12. The lowest BCUT2D eigenvalue weighted by atomic mass is 9.64. The number of phenolic OH excluding ortho intramolecular Hbond substituents is 2. The molecule has 4 rings (SSSR count). The van der Waals surface area contributed by atoms with Crippen LogP contribution in [0.2, 0.25) is 0 Å². The van der Waals surface area contributed by atoms with Crippen molar-refractivity contribution in [3.05, 3.63) is 95.1 Å². The van der Waals surface area contributed by atoms with Crippen LogP contribution in [0.4, 0.5) is 0 Å². The van der Waals surface area contributed by atoms with Gasteiger partial charge in [0.1, 0.15) is 11.5 Å². The van der Waals surface area contributed by atoms with Crippen molar-refractivity contribution in [2.45, 2.75) is 18.3 Å². The summed E-state index contributed by atoms with van der Waals surface area (Å²) in [5.74, 6) is 0.563. The van der Waals surface area contributed by atoms with Crippen molar-refractivity contribution in [1.82, 2.24) is 0 Å². The Balaban J connectivity index is 1.90. The number of fused-ring (bicyclic) bond motifs is 2. The highest BCUT2D eigenvalue weighted by molar-refractivity contribution is 5.49. The minimum atomic E-state index is -0.165. The fourth-order valence-electron chi connectivity index (χ4n) is 3.74. The summed E-state index contributed by atoms with van der Waals surface area (Å²) in [7, 11) is 0. The Hall–Kier alpha value is -2.74. The summed E-state index contributed by atoms with van der Waals surface area (Å²) in [4.78, 5) is 0. The number of phenols is 2. The van der Waals surface area contributed by atoms with Gasteiger partial charge in [0.2, 0.25) is 0 Å². The van der Waals surface area contributed by atoms with Crippen LogP contribution in [0, 0.1) is 0 Å². The van der Waals surface area contributed by atoms with E-state index in [9.17, 15) is 10.2 Å². The van der Waals surface area contributed by atoms with Gasteiger partial charge in [-0.1, -0.05) is 48.5 Å². The van der Waals surface area contributed by atoms with Gasteiger partial charge < -0.3 is 10.2 Å². The van der Waals surface area contributed by atoms with Crippen molar-refractivity contribution < 1.29 is 10.2 Å². The fourth-order valence-corrected chi connectivity index (χ4v) is 3.74. The standard InChI is InChI=1S/C21H18O2/c22-19-8-4-17(5-9-19)21(18-6-10-20(23)11-7-18)13-15-2-1-3-16(12-15)14-21/h1-12,22-23H,13-14H2. The molecule has 1 aliphatic carbocycles. The molecule has 2 N–H and O–H groups in total. The van der Waals surface area contributed by atoms with E-state index >= 15 is 0 Å². The molecule has 0 aliphatic heterocycles. The van der Waals surface area contributed by atoms with Crippen LogP contribution in [0.3, 0.4) is 0 Å². The average molecular weight is 302 g/mol. The average Bonchev–Trinajstić information content (AvgIpc) is 2.55. The SMILES string of the molecule is Oc1ccc(C2(c3ccc(O)cc3)Cc3cccc(c3)C2)cc1. The van der Waals surface area contributed by atoms with Crippen LogP contribution in [0.15, 0.2) is 72.8 Å². The van der Waals surface area contributed by atoms with E-state index in [1.807, 2.05) is 24.3 Å². The molecule has 3 aromatic rings. The van der Waals surface area contributed by atoms with Gasteiger partial charge in [0.25, 0.3) is 0 Å². The molecule has 0 heterocycles. The molecule has 0 aromatic heterocycles. The molecular formula is C21H18O2. The maximum atomic E-state index is 9.64. The second-order valence-corrected chi connectivity index (χ2v) is 6.35. The molecule has 2 bridgehead atoms. The van der Waals surface area contributed by atoms with E-state index in [1.165, 1.54) is 22.3 Å². The zero-order chi connectivity index (χ0) is 15.9. The molecule has 1 aliphatic rings. The molecule has 0 fully saturated rings. The highest BCUT2D eigenvalue weighted by Crippen LogP contribution is 2.42. The van der Waals surface area contributed by atoms with Crippen molar-refractivity contribution in [3.63, 3.8) is 0 Å². The smallest absolute Gasteiger partial charge is 0.115 e. The van der Waals surface area contributed by atoms with Crippen molar-refractivity contribution in [3.8, 4) is 11.5 Å². The molecule has 0 spiro atoms. The molecule has 3 aromatic carbocycles. The third-order valence-electron chi connectivity index (χ3n) is 4.84. The summed E-state index contributed by atoms with van der Waals surface area (Å²) in [6.45, 7) is 0. The summed E-state index contributed by atoms with van der Waals surface area (Å²) >= 11 is 0. The Labute approximate surface area is 135 Å². The van der Waals surface area contributed by atoms with E-state index < -0.39 is 0 Å². The summed E-state index contributed by atoms with van der Waals surface area (Å²) < 4.78 is 0. The van der Waals surface area contributed by atoms with Gasteiger partial charge in [-0.25, -0.2) is 0 Å². The number of hydrogen-bond acceptors (Lipinski definition) is 2. The first-order valence-electron chi connectivity index (χ1n) is 7.83. The molecule has 2 heteroatoms. The Morgan fingerprint density at radius 1 is 0.609 bits per heavy atom. The zero-order valence-electron chi connectivity index (χ0n) is 12.7. The molecular weight excluding hydrogens is 284 g/mol. The first-order valence-corrected chi connectivity index (χ1v) is 7.83. The number of hydrogen-bond donors (Lipinski definition) is 2. The minimum Gasteiger partial charge on any atom is -0.508 e. The second kappa shape index (κ2) is 5.17. The Morgan fingerprint density at radius 3 is 1.48 bits per heavy atom. The van der Waals surface area contributed by atoms with Gasteiger partial charge in [0.15, 0.2) is 0 Å². The van der Waals surface area contributed by atoms with Crippen LogP contribution in [0.5, 0.6) is 11.5 Å². The lowest BCUT2D eigenvalue weighted by molar-refractivity contribution is 0.466. The van der Waals surface area contributed by atoms with Crippen LogP contribution in [-0.4, -0.2) is 10.2 Å². The predicted molar refractivity (Wildman–Crippen MR) is 90.8 cm³/mol. The van der Waals surface area contributed by atoms with E-state index in [0.29, 0.717) is 0 Å². The van der Waals surface area contributed by atoms with E-state index in [4.69, 9.17) is 0 Å². The maximum absolute atomic E-state index is 9.64. The van der Waals surface area contributed by atoms with Crippen molar-refractivity contribution in [2.75, 3.05) is 0 Å².